The molecule has 0 aromatic carbocycles. The first kappa shape index (κ1) is 22.7. The molecule has 1 rings (SSSR count). The first-order valence-electron chi connectivity index (χ1n) is 8.86. The van der Waals surface area contributed by atoms with E-state index in [9.17, 15) is 24.9 Å². The van der Waals surface area contributed by atoms with Crippen LogP contribution in [0.4, 0.5) is 0 Å². The number of nitrogens with two attached hydrogens (primary N) is 1. The smallest absolute Gasteiger partial charge is 0.351 e. The van der Waals surface area contributed by atoms with Crippen LogP contribution in [0, 0.1) is 0 Å². The highest BCUT2D eigenvalue weighted by molar-refractivity contribution is 5.78. The summed E-state index contributed by atoms with van der Waals surface area (Å²) < 4.78 is 5.66. The van der Waals surface area contributed by atoms with E-state index in [1.165, 1.54) is 11.8 Å². The number of nitrogens with zero attached hydrogens (tertiary/aromatic N) is 1. The molecule has 1 amide bonds. The number of carbonyl (C=O) groups is 2. The van der Waals surface area contributed by atoms with Crippen LogP contribution in [-0.4, -0.2) is 87.6 Å². The molecule has 26 heavy (non-hydrogen) atoms. The summed E-state index contributed by atoms with van der Waals surface area (Å²) in [5, 5.41) is 41.5. The Balaban J connectivity index is 2.92. The summed E-state index contributed by atoms with van der Waals surface area (Å²) >= 11 is 0. The second kappa shape index (κ2) is 10.8. The number of hydrogen-bond donors (Lipinski definition) is 6. The molecule has 4 atom stereocenters. The summed E-state index contributed by atoms with van der Waals surface area (Å²) in [6.45, 7) is 1.11. The van der Waals surface area contributed by atoms with Gasteiger partial charge in [-0.1, -0.05) is 12.8 Å². The fourth-order valence-corrected chi connectivity index (χ4v) is 3.13. The molecule has 7 N–H and O–H groups in total. The predicted octanol–water partition coefficient (Wildman–Crippen LogP) is -1.81. The van der Waals surface area contributed by atoms with Crippen molar-refractivity contribution >= 4 is 11.9 Å². The van der Waals surface area contributed by atoms with Gasteiger partial charge in [0.1, 0.15) is 6.17 Å². The van der Waals surface area contributed by atoms with Crippen LogP contribution in [-0.2, 0) is 14.3 Å². The van der Waals surface area contributed by atoms with Gasteiger partial charge in [-0.05, 0) is 19.4 Å². The molecule has 0 bridgehead atoms. The standard InChI is InChI=1S/C16H31N3O7/c1-11(21)18-14-13(23)8-16(15(24)25,19(14)9-12(22)10-20)26-7-5-3-2-4-6-17/h12-14,20,22-23H,2-10,17H2,1H3,(H,18,21)(H,24,25)/t12-,13-,14-,16?/m0/s1. The number of unbranched alkanes of at least 4 members (excludes halogenated alkanes) is 3. The molecule has 10 nitrogen and oxygen atoms in total. The first-order valence-corrected chi connectivity index (χ1v) is 8.86. The topological polar surface area (TPSA) is 166 Å². The molecule has 1 heterocycles. The van der Waals surface area contributed by atoms with Gasteiger partial charge in [-0.3, -0.25) is 4.79 Å². The van der Waals surface area contributed by atoms with Crippen molar-refractivity contribution in [1.29, 1.82) is 0 Å². The molecular formula is C16H31N3O7. The summed E-state index contributed by atoms with van der Waals surface area (Å²) in [4.78, 5) is 24.6. The number of ether oxygens (including phenoxy) is 1. The number of aliphatic hydroxyl groups is 3. The van der Waals surface area contributed by atoms with Gasteiger partial charge < -0.3 is 36.2 Å². The van der Waals surface area contributed by atoms with E-state index in [1.54, 1.807) is 0 Å². The number of hydrogen-bond acceptors (Lipinski definition) is 8. The van der Waals surface area contributed by atoms with Crippen LogP contribution in [0.2, 0.25) is 0 Å². The number of carbonyl (C=O) groups excluding carboxylic acids is 1. The molecule has 10 heteroatoms. The molecule has 0 aliphatic carbocycles. The fraction of sp³-hybridized carbons (Fsp3) is 0.875. The normalized spacial score (nSPS) is 27.4. The van der Waals surface area contributed by atoms with Crippen LogP contribution >= 0.6 is 0 Å². The van der Waals surface area contributed by atoms with Crippen molar-refractivity contribution in [3.05, 3.63) is 0 Å². The predicted molar refractivity (Wildman–Crippen MR) is 91.9 cm³/mol. The lowest BCUT2D eigenvalue weighted by molar-refractivity contribution is -0.198. The Bertz CT molecular complexity index is 465. The van der Waals surface area contributed by atoms with Crippen molar-refractivity contribution in [2.45, 2.75) is 63.1 Å². The number of carboxylic acid groups (broad SMARTS) is 1. The van der Waals surface area contributed by atoms with Gasteiger partial charge in [-0.15, -0.1) is 0 Å². The Labute approximate surface area is 152 Å². The third-order valence-corrected chi connectivity index (χ3v) is 4.39. The van der Waals surface area contributed by atoms with E-state index in [0.29, 0.717) is 13.0 Å². The Morgan fingerprint density at radius 1 is 1.35 bits per heavy atom. The van der Waals surface area contributed by atoms with Crippen molar-refractivity contribution in [2.75, 3.05) is 26.3 Å². The maximum absolute atomic E-state index is 12.0. The quantitative estimate of drug-likeness (QED) is 0.215. The Kier molecular flexibility index (Phi) is 9.41. The summed E-state index contributed by atoms with van der Waals surface area (Å²) in [5.41, 5.74) is 3.54. The zero-order chi connectivity index (χ0) is 19.7. The van der Waals surface area contributed by atoms with Crippen LogP contribution in [0.15, 0.2) is 0 Å². The van der Waals surface area contributed by atoms with Crippen LogP contribution in [0.25, 0.3) is 0 Å². The van der Waals surface area contributed by atoms with Gasteiger partial charge in [0.2, 0.25) is 11.6 Å². The largest absolute Gasteiger partial charge is 0.478 e. The van der Waals surface area contributed by atoms with E-state index >= 15 is 0 Å². The number of aliphatic carboxylic acids is 1. The molecule has 1 aliphatic heterocycles. The number of likely N-dealkylation sites (tertiary alicyclic amines) is 1. The van der Waals surface area contributed by atoms with Crippen LogP contribution < -0.4 is 11.1 Å². The second-order valence-corrected chi connectivity index (χ2v) is 6.55. The van der Waals surface area contributed by atoms with E-state index in [4.69, 9.17) is 15.6 Å². The molecule has 0 radical (unpaired) electrons. The Morgan fingerprint density at radius 2 is 2.00 bits per heavy atom. The third kappa shape index (κ3) is 5.86. The Morgan fingerprint density at radius 3 is 2.54 bits per heavy atom. The van der Waals surface area contributed by atoms with Crippen molar-refractivity contribution in [3.63, 3.8) is 0 Å². The highest BCUT2D eigenvalue weighted by Gasteiger charge is 2.58. The molecule has 0 aromatic rings. The fourth-order valence-electron chi connectivity index (χ4n) is 3.13. The summed E-state index contributed by atoms with van der Waals surface area (Å²) in [6.07, 6.45) is -0.528. The number of carboxylic acids is 1. The van der Waals surface area contributed by atoms with Gasteiger partial charge in [0.05, 0.1) is 18.8 Å². The molecule has 1 aliphatic rings. The molecule has 1 fully saturated rings. The molecule has 0 aromatic heterocycles. The van der Waals surface area contributed by atoms with Crippen LogP contribution in [0.5, 0.6) is 0 Å². The first-order chi connectivity index (χ1) is 12.3. The van der Waals surface area contributed by atoms with Gasteiger partial charge in [-0.25, -0.2) is 9.69 Å². The average molecular weight is 377 g/mol. The SMILES string of the molecule is CC(=O)N[C@@H]1[C@@H](O)CC(OCCCCCCN)(C(=O)O)N1C[C@H](O)CO. The number of nitrogens with one attached hydrogen (secondary N) is 1. The van der Waals surface area contributed by atoms with Gasteiger partial charge in [-0.2, -0.15) is 0 Å². The summed E-state index contributed by atoms with van der Waals surface area (Å²) in [6, 6.07) is 0. The number of rotatable bonds is 12. The maximum atomic E-state index is 12.0. The minimum absolute atomic E-state index is 0.141. The third-order valence-electron chi connectivity index (χ3n) is 4.39. The second-order valence-electron chi connectivity index (χ2n) is 6.55. The number of aliphatic hydroxyl groups excluding tert-OH is 3. The van der Waals surface area contributed by atoms with Gasteiger partial charge in [0.15, 0.2) is 0 Å². The molecule has 1 saturated heterocycles. The van der Waals surface area contributed by atoms with Crippen molar-refractivity contribution in [3.8, 4) is 0 Å². The van der Waals surface area contributed by atoms with E-state index < -0.39 is 42.6 Å². The van der Waals surface area contributed by atoms with E-state index in [1.807, 2.05) is 0 Å². The highest BCUT2D eigenvalue weighted by atomic mass is 16.5. The average Bonchev–Trinajstić information content (AvgIpc) is 2.83. The summed E-state index contributed by atoms with van der Waals surface area (Å²) in [7, 11) is 0. The van der Waals surface area contributed by atoms with Gasteiger partial charge in [0, 0.05) is 26.5 Å². The zero-order valence-electron chi connectivity index (χ0n) is 15.1. The molecule has 152 valence electrons. The lowest BCUT2D eigenvalue weighted by Crippen LogP contribution is -2.61. The maximum Gasteiger partial charge on any atom is 0.351 e. The molecule has 0 spiro atoms. The van der Waals surface area contributed by atoms with Gasteiger partial charge >= 0.3 is 5.97 Å². The molecular weight excluding hydrogens is 346 g/mol. The van der Waals surface area contributed by atoms with E-state index in [2.05, 4.69) is 5.32 Å². The number of β-amino-alcohol motifs (C(OH)–C–C–N with tert-alkyl or cyclic N) is 1. The zero-order valence-corrected chi connectivity index (χ0v) is 15.1. The van der Waals surface area contributed by atoms with Crippen molar-refractivity contribution < 1.29 is 34.8 Å². The lowest BCUT2D eigenvalue weighted by atomic mass is 10.1. The Hall–Kier alpha value is -1.30. The molecule has 0 saturated carbocycles. The molecule has 1 unspecified atom stereocenters. The van der Waals surface area contributed by atoms with Gasteiger partial charge in [0.25, 0.3) is 0 Å². The summed E-state index contributed by atoms with van der Waals surface area (Å²) in [5.74, 6) is -1.78. The van der Waals surface area contributed by atoms with Crippen molar-refractivity contribution in [1.82, 2.24) is 10.2 Å². The lowest BCUT2D eigenvalue weighted by Gasteiger charge is -2.38. The minimum Gasteiger partial charge on any atom is -0.478 e. The van der Waals surface area contributed by atoms with E-state index in [-0.39, 0.29) is 19.6 Å². The van der Waals surface area contributed by atoms with Crippen LogP contribution in [0.1, 0.15) is 39.0 Å². The number of amides is 1. The highest BCUT2D eigenvalue weighted by Crippen LogP contribution is 2.35. The van der Waals surface area contributed by atoms with Crippen LogP contribution in [0.3, 0.4) is 0 Å². The monoisotopic (exact) mass is 377 g/mol. The minimum atomic E-state index is -1.89. The van der Waals surface area contributed by atoms with Crippen molar-refractivity contribution in [2.24, 2.45) is 5.73 Å². The van der Waals surface area contributed by atoms with E-state index in [0.717, 1.165) is 19.3 Å².